The monoisotopic (exact) mass is 310 g/mol. The van der Waals surface area contributed by atoms with Crippen LogP contribution in [0.5, 0.6) is 0 Å². The zero-order valence-corrected chi connectivity index (χ0v) is 13.5. The molecule has 0 saturated heterocycles. The Morgan fingerprint density at radius 1 is 1.26 bits per heavy atom. The Morgan fingerprint density at radius 3 is 2.74 bits per heavy atom. The van der Waals surface area contributed by atoms with Crippen LogP contribution in [-0.2, 0) is 6.42 Å². The van der Waals surface area contributed by atoms with E-state index in [9.17, 15) is 4.79 Å². The van der Waals surface area contributed by atoms with E-state index >= 15 is 0 Å². The maximum Gasteiger partial charge on any atom is 0.276 e. The van der Waals surface area contributed by atoms with Gasteiger partial charge < -0.3 is 14.8 Å². The summed E-state index contributed by atoms with van der Waals surface area (Å²) in [7, 11) is 0. The van der Waals surface area contributed by atoms with E-state index < -0.39 is 0 Å². The molecule has 1 aromatic carbocycles. The molecule has 1 aromatic heterocycles. The molecule has 1 N–H and O–H groups in total. The first kappa shape index (κ1) is 14.3. The maximum absolute atomic E-state index is 12.9. The maximum atomic E-state index is 12.9. The largest absolute Gasteiger partial charge is 0.368 e. The number of carbonyl (C=O) groups excluding carboxylic acids is 1. The number of nitrogens with zero attached hydrogens (tertiary/aromatic N) is 3. The second kappa shape index (κ2) is 5.72. The standard InChI is InChI=1S/C18H22N4O/c1-2-17-19-11-14(20-17)18(23)22-10-9-21(12-13-7-8-13)15-5-3-4-6-16(15)22/h3-6,11,13H,2,7-10,12H2,1H3,(H,19,20). The van der Waals surface area contributed by atoms with Crippen molar-refractivity contribution in [2.45, 2.75) is 26.2 Å². The topological polar surface area (TPSA) is 52.2 Å². The highest BCUT2D eigenvalue weighted by atomic mass is 16.2. The second-order valence-corrected chi connectivity index (χ2v) is 6.43. The average Bonchev–Trinajstić information content (AvgIpc) is 3.27. The number of imidazole rings is 1. The number of hydrogen-bond donors (Lipinski definition) is 1. The van der Waals surface area contributed by atoms with Gasteiger partial charge in [0.2, 0.25) is 0 Å². The average molecular weight is 310 g/mol. The van der Waals surface area contributed by atoms with Crippen molar-refractivity contribution in [1.82, 2.24) is 9.97 Å². The molecule has 1 aliphatic carbocycles. The minimum absolute atomic E-state index is 0.00993. The van der Waals surface area contributed by atoms with Crippen LogP contribution in [0.2, 0.25) is 0 Å². The molecule has 2 aromatic rings. The number of aromatic amines is 1. The van der Waals surface area contributed by atoms with Gasteiger partial charge in [-0.1, -0.05) is 19.1 Å². The van der Waals surface area contributed by atoms with E-state index in [1.54, 1.807) is 6.20 Å². The third kappa shape index (κ3) is 2.71. The Labute approximate surface area is 136 Å². The molecule has 2 heterocycles. The van der Waals surface area contributed by atoms with Gasteiger partial charge in [0.05, 0.1) is 17.6 Å². The van der Waals surface area contributed by atoms with Crippen LogP contribution in [0.4, 0.5) is 11.4 Å². The highest BCUT2D eigenvalue weighted by molar-refractivity contribution is 6.07. The lowest BCUT2D eigenvalue weighted by molar-refractivity contribution is 0.0982. The molecule has 5 nitrogen and oxygen atoms in total. The highest BCUT2D eigenvalue weighted by Crippen LogP contribution is 2.37. The van der Waals surface area contributed by atoms with Gasteiger partial charge in [-0.3, -0.25) is 4.79 Å². The van der Waals surface area contributed by atoms with Crippen LogP contribution in [0.15, 0.2) is 30.5 Å². The SMILES string of the molecule is CCc1ncc(C(=O)N2CCN(CC3CC3)c3ccccc32)[nH]1. The normalized spacial score (nSPS) is 17.3. The fourth-order valence-electron chi connectivity index (χ4n) is 3.23. The third-order valence-electron chi connectivity index (χ3n) is 4.72. The van der Waals surface area contributed by atoms with Gasteiger partial charge in [0, 0.05) is 26.1 Å². The Balaban J connectivity index is 1.62. The highest BCUT2D eigenvalue weighted by Gasteiger charge is 2.31. The lowest BCUT2D eigenvalue weighted by Crippen LogP contribution is -2.44. The van der Waals surface area contributed by atoms with E-state index in [2.05, 4.69) is 27.0 Å². The number of fused-ring (bicyclic) bond motifs is 1. The van der Waals surface area contributed by atoms with Crippen molar-refractivity contribution in [2.24, 2.45) is 5.92 Å². The van der Waals surface area contributed by atoms with Crippen molar-refractivity contribution < 1.29 is 4.79 Å². The first-order valence-electron chi connectivity index (χ1n) is 8.46. The molecule has 0 unspecified atom stereocenters. The molecule has 2 aliphatic rings. The fraction of sp³-hybridized carbons (Fsp3) is 0.444. The predicted molar refractivity (Wildman–Crippen MR) is 91.0 cm³/mol. The number of anilines is 2. The van der Waals surface area contributed by atoms with Gasteiger partial charge in [0.15, 0.2) is 0 Å². The number of para-hydroxylation sites is 2. The van der Waals surface area contributed by atoms with Gasteiger partial charge >= 0.3 is 0 Å². The van der Waals surface area contributed by atoms with E-state index in [0.29, 0.717) is 5.69 Å². The zero-order chi connectivity index (χ0) is 15.8. The summed E-state index contributed by atoms with van der Waals surface area (Å²) in [6, 6.07) is 8.23. The molecule has 0 spiro atoms. The number of H-pyrrole nitrogens is 1. The summed E-state index contributed by atoms with van der Waals surface area (Å²) >= 11 is 0. The summed E-state index contributed by atoms with van der Waals surface area (Å²) in [6.45, 7) is 4.76. The number of aryl methyl sites for hydroxylation is 1. The molecule has 4 rings (SSSR count). The summed E-state index contributed by atoms with van der Waals surface area (Å²) < 4.78 is 0. The molecule has 23 heavy (non-hydrogen) atoms. The molecule has 1 fully saturated rings. The van der Waals surface area contributed by atoms with Gasteiger partial charge in [-0.05, 0) is 30.9 Å². The summed E-state index contributed by atoms with van der Waals surface area (Å²) in [5.41, 5.74) is 2.76. The number of nitrogens with one attached hydrogen (secondary N) is 1. The van der Waals surface area contributed by atoms with Crippen LogP contribution in [0.1, 0.15) is 36.1 Å². The van der Waals surface area contributed by atoms with E-state index in [4.69, 9.17) is 0 Å². The lowest BCUT2D eigenvalue weighted by Gasteiger charge is -2.37. The quantitative estimate of drug-likeness (QED) is 0.945. The Hall–Kier alpha value is -2.30. The molecule has 1 saturated carbocycles. The first-order chi connectivity index (χ1) is 11.3. The molecule has 0 atom stereocenters. The molecule has 5 heteroatoms. The summed E-state index contributed by atoms with van der Waals surface area (Å²) in [5, 5.41) is 0. The number of aromatic nitrogens is 2. The van der Waals surface area contributed by atoms with E-state index in [0.717, 1.165) is 43.5 Å². The predicted octanol–water partition coefficient (Wildman–Crippen LogP) is 2.85. The van der Waals surface area contributed by atoms with Crippen molar-refractivity contribution >= 4 is 17.3 Å². The minimum Gasteiger partial charge on any atom is -0.368 e. The number of carbonyl (C=O) groups is 1. The number of hydrogen-bond acceptors (Lipinski definition) is 3. The molecule has 0 bridgehead atoms. The summed E-state index contributed by atoms with van der Waals surface area (Å²) in [6.07, 6.45) is 5.14. The number of rotatable bonds is 4. The molecule has 0 radical (unpaired) electrons. The Kier molecular flexibility index (Phi) is 3.56. The molecule has 1 aliphatic heterocycles. The summed E-state index contributed by atoms with van der Waals surface area (Å²) in [5.74, 6) is 1.70. The van der Waals surface area contributed by atoms with E-state index in [1.807, 2.05) is 24.0 Å². The van der Waals surface area contributed by atoms with Crippen LogP contribution >= 0.6 is 0 Å². The van der Waals surface area contributed by atoms with E-state index in [1.165, 1.54) is 18.5 Å². The smallest absolute Gasteiger partial charge is 0.276 e. The number of benzene rings is 1. The summed E-state index contributed by atoms with van der Waals surface area (Å²) in [4.78, 5) is 24.6. The fourth-order valence-corrected chi connectivity index (χ4v) is 3.23. The van der Waals surface area contributed by atoms with Crippen LogP contribution in [0, 0.1) is 5.92 Å². The van der Waals surface area contributed by atoms with Crippen molar-refractivity contribution in [2.75, 3.05) is 29.4 Å². The third-order valence-corrected chi connectivity index (χ3v) is 4.72. The van der Waals surface area contributed by atoms with Gasteiger partial charge in [0.25, 0.3) is 5.91 Å². The van der Waals surface area contributed by atoms with Crippen LogP contribution in [0.25, 0.3) is 0 Å². The molecule has 120 valence electrons. The first-order valence-corrected chi connectivity index (χ1v) is 8.46. The molecular weight excluding hydrogens is 288 g/mol. The lowest BCUT2D eigenvalue weighted by atomic mass is 10.1. The Bertz CT molecular complexity index is 719. The van der Waals surface area contributed by atoms with Crippen molar-refractivity contribution in [3.63, 3.8) is 0 Å². The van der Waals surface area contributed by atoms with Gasteiger partial charge in [-0.2, -0.15) is 0 Å². The second-order valence-electron chi connectivity index (χ2n) is 6.43. The number of amides is 1. The Morgan fingerprint density at radius 2 is 2.04 bits per heavy atom. The van der Waals surface area contributed by atoms with Crippen molar-refractivity contribution in [1.29, 1.82) is 0 Å². The molecular formula is C18H22N4O. The van der Waals surface area contributed by atoms with Crippen LogP contribution in [-0.4, -0.2) is 35.5 Å². The van der Waals surface area contributed by atoms with Crippen molar-refractivity contribution in [3.8, 4) is 0 Å². The van der Waals surface area contributed by atoms with Gasteiger partial charge in [-0.15, -0.1) is 0 Å². The zero-order valence-electron chi connectivity index (χ0n) is 13.5. The molecule has 1 amide bonds. The van der Waals surface area contributed by atoms with E-state index in [-0.39, 0.29) is 5.91 Å². The van der Waals surface area contributed by atoms with Gasteiger partial charge in [-0.25, -0.2) is 4.98 Å². The van der Waals surface area contributed by atoms with Crippen molar-refractivity contribution in [3.05, 3.63) is 42.0 Å². The van der Waals surface area contributed by atoms with Gasteiger partial charge in [0.1, 0.15) is 11.5 Å². The minimum atomic E-state index is 0.00993. The van der Waals surface area contributed by atoms with Crippen LogP contribution < -0.4 is 9.80 Å². The van der Waals surface area contributed by atoms with Crippen LogP contribution in [0.3, 0.4) is 0 Å².